The van der Waals surface area contributed by atoms with E-state index in [9.17, 15) is 4.79 Å². The molecule has 1 aromatic rings. The third-order valence-corrected chi connectivity index (χ3v) is 3.64. The first-order chi connectivity index (χ1) is 7.71. The van der Waals surface area contributed by atoms with Gasteiger partial charge in [0.25, 0.3) is 0 Å². The molecule has 1 saturated heterocycles. The van der Waals surface area contributed by atoms with E-state index in [1.165, 1.54) is 0 Å². The third-order valence-electron chi connectivity index (χ3n) is 3.39. The van der Waals surface area contributed by atoms with Gasteiger partial charge in [-0.05, 0) is 36.5 Å². The average molecular weight is 238 g/mol. The quantitative estimate of drug-likeness (QED) is 0.859. The number of alkyl carbamates (subject to hydrolysis) is 1. The molecule has 4 heteroatoms. The summed E-state index contributed by atoms with van der Waals surface area (Å²) in [5, 5.41) is 3.67. The molecule has 1 N–H and O–H groups in total. The fourth-order valence-electron chi connectivity index (χ4n) is 2.37. The summed E-state index contributed by atoms with van der Waals surface area (Å²) in [7, 11) is 0. The number of hydrogen-bond acceptors (Lipinski definition) is 2. The maximum atomic E-state index is 11.3. The summed E-state index contributed by atoms with van der Waals surface area (Å²) >= 11 is 5.87. The molecule has 3 nitrogen and oxygen atoms in total. The second-order valence-corrected chi connectivity index (χ2v) is 4.89. The number of rotatable bonds is 2. The summed E-state index contributed by atoms with van der Waals surface area (Å²) in [5.41, 5.74) is 0.770. The van der Waals surface area contributed by atoms with Crippen LogP contribution in [-0.2, 0) is 10.3 Å². The molecule has 2 fully saturated rings. The van der Waals surface area contributed by atoms with E-state index in [1.54, 1.807) is 0 Å². The largest absolute Gasteiger partial charge is 0.447 e. The average Bonchev–Trinajstić information content (AvgIpc) is 3.05. The van der Waals surface area contributed by atoms with Crippen LogP contribution in [0.15, 0.2) is 24.3 Å². The maximum absolute atomic E-state index is 11.3. The number of hydrogen-bond donors (Lipinski definition) is 1. The zero-order valence-corrected chi connectivity index (χ0v) is 9.46. The topological polar surface area (TPSA) is 38.3 Å². The van der Waals surface area contributed by atoms with Crippen molar-refractivity contribution >= 4 is 17.7 Å². The molecule has 84 valence electrons. The van der Waals surface area contributed by atoms with Gasteiger partial charge in [0.15, 0.2) is 0 Å². The van der Waals surface area contributed by atoms with Gasteiger partial charge in [-0.3, -0.25) is 0 Å². The van der Waals surface area contributed by atoms with Crippen LogP contribution in [0.5, 0.6) is 0 Å². The van der Waals surface area contributed by atoms with E-state index in [4.69, 9.17) is 16.3 Å². The fraction of sp³-hybridized carbons (Fsp3) is 0.417. The van der Waals surface area contributed by atoms with Crippen molar-refractivity contribution in [2.45, 2.75) is 18.4 Å². The highest BCUT2D eigenvalue weighted by atomic mass is 35.5. The highest BCUT2D eigenvalue weighted by Gasteiger charge is 2.52. The molecule has 3 rings (SSSR count). The Hall–Kier alpha value is -1.22. The first-order valence-corrected chi connectivity index (χ1v) is 5.79. The van der Waals surface area contributed by atoms with Gasteiger partial charge < -0.3 is 10.1 Å². The molecule has 2 aliphatic rings. The molecule has 1 aliphatic heterocycles. The van der Waals surface area contributed by atoms with Gasteiger partial charge in [0, 0.05) is 5.02 Å². The zero-order valence-electron chi connectivity index (χ0n) is 8.70. The molecule has 16 heavy (non-hydrogen) atoms. The molecule has 1 aliphatic carbocycles. The number of halogens is 1. The van der Waals surface area contributed by atoms with Crippen molar-refractivity contribution in [3.63, 3.8) is 0 Å². The summed E-state index contributed by atoms with van der Waals surface area (Å²) in [6.45, 7) is 0.429. The Morgan fingerprint density at radius 1 is 1.31 bits per heavy atom. The molecule has 1 heterocycles. The second-order valence-electron chi connectivity index (χ2n) is 4.45. The highest BCUT2D eigenvalue weighted by Crippen LogP contribution is 2.47. The van der Waals surface area contributed by atoms with Crippen LogP contribution < -0.4 is 5.32 Å². The van der Waals surface area contributed by atoms with Crippen molar-refractivity contribution in [2.75, 3.05) is 6.61 Å². The van der Waals surface area contributed by atoms with Crippen molar-refractivity contribution in [1.29, 1.82) is 0 Å². The standard InChI is InChI=1S/C12H12ClNO2/c13-10-5-3-9(4-6-10)12(8-1-2-8)7-16-11(15)14-12/h3-6,8H,1-2,7H2,(H,14,15). The Morgan fingerprint density at radius 3 is 2.50 bits per heavy atom. The molecule has 0 bridgehead atoms. The van der Waals surface area contributed by atoms with E-state index >= 15 is 0 Å². The Bertz CT molecular complexity index is 427. The molecule has 0 aromatic heterocycles. The number of carbonyl (C=O) groups excluding carboxylic acids is 1. The number of carbonyl (C=O) groups is 1. The van der Waals surface area contributed by atoms with Crippen LogP contribution >= 0.6 is 11.6 Å². The lowest BCUT2D eigenvalue weighted by molar-refractivity contribution is 0.169. The van der Waals surface area contributed by atoms with Crippen LogP contribution in [-0.4, -0.2) is 12.7 Å². The molecule has 0 radical (unpaired) electrons. The van der Waals surface area contributed by atoms with E-state index < -0.39 is 0 Å². The minimum absolute atomic E-state index is 0.318. The molecule has 1 saturated carbocycles. The number of cyclic esters (lactones) is 1. The van der Waals surface area contributed by atoms with Crippen molar-refractivity contribution in [3.8, 4) is 0 Å². The third kappa shape index (κ3) is 1.47. The van der Waals surface area contributed by atoms with Crippen LogP contribution in [0.1, 0.15) is 18.4 Å². The molecule has 0 spiro atoms. The summed E-state index contributed by atoms with van der Waals surface area (Å²) in [6, 6.07) is 7.64. The van der Waals surface area contributed by atoms with E-state index in [-0.39, 0.29) is 11.6 Å². The number of ether oxygens (including phenoxy) is 1. The molecule has 1 unspecified atom stereocenters. The second kappa shape index (κ2) is 3.39. The van der Waals surface area contributed by atoms with Crippen molar-refractivity contribution < 1.29 is 9.53 Å². The van der Waals surface area contributed by atoms with Crippen LogP contribution in [0.4, 0.5) is 4.79 Å². The fourth-order valence-corrected chi connectivity index (χ4v) is 2.49. The first kappa shape index (κ1) is 9.97. The number of benzene rings is 1. The van der Waals surface area contributed by atoms with Crippen molar-refractivity contribution in [1.82, 2.24) is 5.32 Å². The van der Waals surface area contributed by atoms with Crippen molar-refractivity contribution in [2.24, 2.45) is 5.92 Å². The zero-order chi connectivity index (χ0) is 11.2. The van der Waals surface area contributed by atoms with Gasteiger partial charge in [-0.15, -0.1) is 0 Å². The summed E-state index contributed by atoms with van der Waals surface area (Å²) in [5.74, 6) is 0.500. The Labute approximate surface area is 98.7 Å². The molecule has 1 aromatic carbocycles. The van der Waals surface area contributed by atoms with Gasteiger partial charge in [0.1, 0.15) is 12.1 Å². The van der Waals surface area contributed by atoms with Gasteiger partial charge in [-0.2, -0.15) is 0 Å². The Balaban J connectivity index is 2.00. The smallest absolute Gasteiger partial charge is 0.408 e. The first-order valence-electron chi connectivity index (χ1n) is 5.42. The van der Waals surface area contributed by atoms with Crippen molar-refractivity contribution in [3.05, 3.63) is 34.9 Å². The highest BCUT2D eigenvalue weighted by molar-refractivity contribution is 6.30. The summed E-state index contributed by atoms with van der Waals surface area (Å²) in [6.07, 6.45) is 1.97. The lowest BCUT2D eigenvalue weighted by Gasteiger charge is -2.27. The number of nitrogens with one attached hydrogen (secondary N) is 1. The lowest BCUT2D eigenvalue weighted by atomic mass is 9.86. The molecule has 1 atom stereocenters. The Kier molecular flexibility index (Phi) is 2.11. The predicted octanol–water partition coefficient (Wildman–Crippen LogP) is 2.69. The van der Waals surface area contributed by atoms with E-state index in [0.717, 1.165) is 18.4 Å². The van der Waals surface area contributed by atoms with Crippen LogP contribution in [0.2, 0.25) is 5.02 Å². The minimum Gasteiger partial charge on any atom is -0.447 e. The summed E-state index contributed by atoms with van der Waals surface area (Å²) in [4.78, 5) is 11.3. The minimum atomic E-state index is -0.318. The molecular formula is C12H12ClNO2. The van der Waals surface area contributed by atoms with Gasteiger partial charge in [-0.1, -0.05) is 23.7 Å². The van der Waals surface area contributed by atoms with E-state index in [0.29, 0.717) is 17.5 Å². The van der Waals surface area contributed by atoms with Crippen LogP contribution in [0.25, 0.3) is 0 Å². The monoisotopic (exact) mass is 237 g/mol. The Morgan fingerprint density at radius 2 is 2.00 bits per heavy atom. The summed E-state index contributed by atoms with van der Waals surface area (Å²) < 4.78 is 5.07. The van der Waals surface area contributed by atoms with E-state index in [2.05, 4.69) is 5.32 Å². The molecule has 1 amide bonds. The van der Waals surface area contributed by atoms with Gasteiger partial charge in [0.05, 0.1) is 0 Å². The van der Waals surface area contributed by atoms with E-state index in [1.807, 2.05) is 24.3 Å². The van der Waals surface area contributed by atoms with Crippen LogP contribution in [0, 0.1) is 5.92 Å². The van der Waals surface area contributed by atoms with Gasteiger partial charge >= 0.3 is 6.09 Å². The normalized spacial score (nSPS) is 28.7. The maximum Gasteiger partial charge on any atom is 0.408 e. The van der Waals surface area contributed by atoms with Gasteiger partial charge in [-0.25, -0.2) is 4.79 Å². The predicted molar refractivity (Wildman–Crippen MR) is 60.3 cm³/mol. The lowest BCUT2D eigenvalue weighted by Crippen LogP contribution is -2.42. The SMILES string of the molecule is O=C1NC(c2ccc(Cl)cc2)(C2CC2)CO1. The van der Waals surface area contributed by atoms with Gasteiger partial charge in [0.2, 0.25) is 0 Å². The van der Waals surface area contributed by atoms with Crippen LogP contribution in [0.3, 0.4) is 0 Å². The number of amides is 1. The molecular weight excluding hydrogens is 226 g/mol.